The monoisotopic (exact) mass is 352 g/mol. The molecular weight excluding hydrogens is 328 g/mol. The van der Waals surface area contributed by atoms with Gasteiger partial charge in [0, 0.05) is 44.0 Å². The molecule has 3 rings (SSSR count). The number of carboxylic acid groups (broad SMARTS) is 1. The second-order valence-electron chi connectivity index (χ2n) is 6.31. The van der Waals surface area contributed by atoms with Crippen molar-refractivity contribution in [3.8, 4) is 0 Å². The minimum atomic E-state index is -0.938. The average molecular weight is 352 g/mol. The fourth-order valence-corrected chi connectivity index (χ4v) is 3.06. The number of carbonyl (C=O) groups is 1. The Kier molecular flexibility index (Phi) is 5.92. The van der Waals surface area contributed by atoms with Crippen molar-refractivity contribution in [2.45, 2.75) is 25.5 Å². The predicted molar refractivity (Wildman–Crippen MR) is 104 cm³/mol. The Hall–Kier alpha value is -2.79. The van der Waals surface area contributed by atoms with Crippen molar-refractivity contribution < 1.29 is 14.6 Å². The Balaban J connectivity index is 1.47. The number of fused-ring (bicyclic) bond motifs is 1. The van der Waals surface area contributed by atoms with Crippen molar-refractivity contribution in [2.75, 3.05) is 19.0 Å². The number of nitrogens with zero attached hydrogens (tertiary/aromatic N) is 1. The van der Waals surface area contributed by atoms with Gasteiger partial charge in [-0.25, -0.2) is 4.79 Å². The van der Waals surface area contributed by atoms with Crippen molar-refractivity contribution >= 4 is 22.6 Å². The lowest BCUT2D eigenvalue weighted by Gasteiger charge is -2.12. The lowest BCUT2D eigenvalue weighted by molar-refractivity contribution is -0.148. The summed E-state index contributed by atoms with van der Waals surface area (Å²) < 4.78 is 7.25. The molecular formula is C21H24N2O3. The average Bonchev–Trinajstić information content (AvgIpc) is 3.07. The first-order valence-corrected chi connectivity index (χ1v) is 8.79. The van der Waals surface area contributed by atoms with Crippen LogP contribution in [-0.4, -0.2) is 35.4 Å². The number of benzene rings is 2. The summed E-state index contributed by atoms with van der Waals surface area (Å²) in [5.41, 5.74) is 3.25. The van der Waals surface area contributed by atoms with Gasteiger partial charge in [0.25, 0.3) is 0 Å². The lowest BCUT2D eigenvalue weighted by atomic mass is 10.1. The van der Waals surface area contributed by atoms with Crippen LogP contribution in [0.4, 0.5) is 5.69 Å². The zero-order valence-corrected chi connectivity index (χ0v) is 14.9. The van der Waals surface area contributed by atoms with E-state index in [1.54, 1.807) is 0 Å². The maximum Gasteiger partial charge on any atom is 0.333 e. The third kappa shape index (κ3) is 4.43. The number of para-hydroxylation sites is 1. The van der Waals surface area contributed by atoms with Crippen molar-refractivity contribution in [1.29, 1.82) is 0 Å². The van der Waals surface area contributed by atoms with Gasteiger partial charge >= 0.3 is 5.97 Å². The maximum absolute atomic E-state index is 11.0. The van der Waals surface area contributed by atoms with Crippen LogP contribution in [0.1, 0.15) is 12.0 Å². The van der Waals surface area contributed by atoms with E-state index in [-0.39, 0.29) is 0 Å². The van der Waals surface area contributed by atoms with E-state index in [9.17, 15) is 4.79 Å². The van der Waals surface area contributed by atoms with Gasteiger partial charge in [0.15, 0.2) is 6.10 Å². The molecule has 3 aromatic rings. The van der Waals surface area contributed by atoms with Gasteiger partial charge in [0.1, 0.15) is 0 Å². The van der Waals surface area contributed by atoms with Crippen molar-refractivity contribution in [3.63, 3.8) is 0 Å². The van der Waals surface area contributed by atoms with E-state index < -0.39 is 12.1 Å². The van der Waals surface area contributed by atoms with Gasteiger partial charge < -0.3 is 19.7 Å². The molecule has 5 nitrogen and oxygen atoms in total. The van der Waals surface area contributed by atoms with Gasteiger partial charge in [0.2, 0.25) is 0 Å². The molecule has 0 aliphatic carbocycles. The maximum atomic E-state index is 11.0. The van der Waals surface area contributed by atoms with Gasteiger partial charge in [0.05, 0.1) is 0 Å². The third-order valence-electron chi connectivity index (χ3n) is 4.52. The Morgan fingerprint density at radius 2 is 1.92 bits per heavy atom. The fourth-order valence-electron chi connectivity index (χ4n) is 3.06. The minimum Gasteiger partial charge on any atom is -0.479 e. The largest absolute Gasteiger partial charge is 0.479 e. The normalized spacial score (nSPS) is 12.2. The highest BCUT2D eigenvalue weighted by atomic mass is 16.5. The number of hydrogen-bond acceptors (Lipinski definition) is 3. The number of carboxylic acids is 1. The number of aliphatic carboxylic acids is 1. The molecule has 0 fully saturated rings. The number of aryl methyl sites for hydroxylation is 1. The lowest BCUT2D eigenvalue weighted by Crippen LogP contribution is -2.24. The van der Waals surface area contributed by atoms with Gasteiger partial charge in [-0.1, -0.05) is 30.3 Å². The Morgan fingerprint density at radius 1 is 1.15 bits per heavy atom. The number of nitrogens with one attached hydrogen (secondary N) is 1. The number of methoxy groups -OCH3 is 1. The number of hydrogen-bond donors (Lipinski definition) is 2. The Morgan fingerprint density at radius 3 is 2.65 bits per heavy atom. The quantitative estimate of drug-likeness (QED) is 0.575. The first kappa shape index (κ1) is 18.0. The van der Waals surface area contributed by atoms with E-state index >= 15 is 0 Å². The second-order valence-corrected chi connectivity index (χ2v) is 6.31. The smallest absolute Gasteiger partial charge is 0.333 e. The predicted octanol–water partition coefficient (Wildman–Crippen LogP) is 3.79. The first-order valence-electron chi connectivity index (χ1n) is 8.79. The summed E-state index contributed by atoms with van der Waals surface area (Å²) in [5.74, 6) is -0.938. The SMILES string of the molecule is COC(Cc1ccc(NCCCn2ccc3ccccc32)cc1)C(=O)O. The summed E-state index contributed by atoms with van der Waals surface area (Å²) in [7, 11) is 1.42. The number of anilines is 1. The van der Waals surface area contributed by atoms with E-state index in [1.807, 2.05) is 24.3 Å². The van der Waals surface area contributed by atoms with Crippen LogP contribution < -0.4 is 5.32 Å². The molecule has 0 saturated carbocycles. The molecule has 0 aliphatic rings. The van der Waals surface area contributed by atoms with Crippen LogP contribution in [0.2, 0.25) is 0 Å². The van der Waals surface area contributed by atoms with Crippen LogP contribution in [0.3, 0.4) is 0 Å². The number of ether oxygens (including phenoxy) is 1. The molecule has 0 spiro atoms. The minimum absolute atomic E-state index is 0.368. The summed E-state index contributed by atoms with van der Waals surface area (Å²) >= 11 is 0. The van der Waals surface area contributed by atoms with E-state index in [0.717, 1.165) is 30.8 Å². The summed E-state index contributed by atoms with van der Waals surface area (Å²) in [6, 6.07) is 18.4. The molecule has 0 aliphatic heterocycles. The summed E-state index contributed by atoms with van der Waals surface area (Å²) in [4.78, 5) is 11.0. The Bertz CT molecular complexity index is 855. The topological polar surface area (TPSA) is 63.5 Å². The molecule has 26 heavy (non-hydrogen) atoms. The first-order chi connectivity index (χ1) is 12.7. The van der Waals surface area contributed by atoms with Crippen LogP contribution in [0.15, 0.2) is 60.8 Å². The molecule has 1 heterocycles. The molecule has 2 aromatic carbocycles. The van der Waals surface area contributed by atoms with Gasteiger partial charge in [-0.3, -0.25) is 0 Å². The van der Waals surface area contributed by atoms with E-state index in [0.29, 0.717) is 6.42 Å². The zero-order chi connectivity index (χ0) is 18.4. The molecule has 0 radical (unpaired) electrons. The van der Waals surface area contributed by atoms with Gasteiger partial charge in [-0.15, -0.1) is 0 Å². The molecule has 0 bridgehead atoms. The molecule has 0 saturated heterocycles. The van der Waals surface area contributed by atoms with E-state index in [2.05, 4.69) is 46.4 Å². The molecule has 1 aromatic heterocycles. The molecule has 5 heteroatoms. The zero-order valence-electron chi connectivity index (χ0n) is 14.9. The molecule has 2 N–H and O–H groups in total. The summed E-state index contributed by atoms with van der Waals surface area (Å²) in [5, 5.41) is 13.7. The highest BCUT2D eigenvalue weighted by molar-refractivity contribution is 5.79. The number of rotatable bonds is 9. The highest BCUT2D eigenvalue weighted by Gasteiger charge is 2.16. The standard InChI is InChI=1S/C21H24N2O3/c1-26-20(21(24)25)15-16-7-9-18(10-8-16)22-12-4-13-23-14-11-17-5-2-3-6-19(17)23/h2-3,5-11,14,20,22H,4,12-13,15H2,1H3,(H,24,25). The van der Waals surface area contributed by atoms with Crippen molar-refractivity contribution in [1.82, 2.24) is 4.57 Å². The van der Waals surface area contributed by atoms with Crippen LogP contribution in [0, 0.1) is 0 Å². The molecule has 1 atom stereocenters. The highest BCUT2D eigenvalue weighted by Crippen LogP contribution is 2.16. The van der Waals surface area contributed by atoms with Crippen LogP contribution in [-0.2, 0) is 22.5 Å². The summed E-state index contributed by atoms with van der Waals surface area (Å²) in [6.07, 6.45) is 2.72. The fraction of sp³-hybridized carbons (Fsp3) is 0.286. The van der Waals surface area contributed by atoms with Crippen LogP contribution in [0.5, 0.6) is 0 Å². The van der Waals surface area contributed by atoms with Gasteiger partial charge in [-0.2, -0.15) is 0 Å². The van der Waals surface area contributed by atoms with E-state index in [4.69, 9.17) is 9.84 Å². The second kappa shape index (κ2) is 8.54. The molecule has 1 unspecified atom stereocenters. The van der Waals surface area contributed by atoms with Gasteiger partial charge in [-0.05, 0) is 41.6 Å². The molecule has 136 valence electrons. The van der Waals surface area contributed by atoms with E-state index in [1.165, 1.54) is 18.0 Å². The van der Waals surface area contributed by atoms with Crippen molar-refractivity contribution in [2.24, 2.45) is 0 Å². The molecule has 0 amide bonds. The van der Waals surface area contributed by atoms with Crippen molar-refractivity contribution in [3.05, 3.63) is 66.4 Å². The Labute approximate surface area is 153 Å². The van der Waals surface area contributed by atoms with Crippen LogP contribution >= 0.6 is 0 Å². The third-order valence-corrected chi connectivity index (χ3v) is 4.52. The van der Waals surface area contributed by atoms with Crippen LogP contribution in [0.25, 0.3) is 10.9 Å². The summed E-state index contributed by atoms with van der Waals surface area (Å²) in [6.45, 7) is 1.84. The number of aromatic nitrogens is 1.